The van der Waals surface area contributed by atoms with Crippen molar-refractivity contribution in [3.8, 4) is 0 Å². The monoisotopic (exact) mass is 275 g/mol. The molecule has 1 aromatic carbocycles. The van der Waals surface area contributed by atoms with Gasteiger partial charge >= 0.3 is 18.0 Å². The zero-order valence-electron chi connectivity index (χ0n) is 8.57. The fraction of sp³-hybridized carbons (Fsp3) is 0.400. The maximum absolute atomic E-state index is 13.3. The first kappa shape index (κ1) is 14.7. The lowest BCUT2D eigenvalue weighted by Crippen LogP contribution is -2.50. The van der Waals surface area contributed by atoms with Crippen LogP contribution in [0.5, 0.6) is 0 Å². The average molecular weight is 275 g/mol. The quantitative estimate of drug-likeness (QED) is 0.745. The van der Waals surface area contributed by atoms with Crippen LogP contribution in [-0.4, -0.2) is 12.1 Å². The van der Waals surface area contributed by atoms with Crippen LogP contribution in [0.3, 0.4) is 0 Å². The topological polar surface area (TPSA) is 19.9 Å². The Balaban J connectivity index is 3.37. The van der Waals surface area contributed by atoms with Gasteiger partial charge in [-0.2, -0.15) is 30.7 Å². The molecule has 0 N–H and O–H groups in total. The molecule has 0 saturated heterocycles. The predicted octanol–water partition coefficient (Wildman–Crippen LogP) is 3.91. The van der Waals surface area contributed by atoms with E-state index in [1.165, 1.54) is 0 Å². The van der Waals surface area contributed by atoms with Crippen molar-refractivity contribution in [3.05, 3.63) is 35.4 Å². The molecule has 0 saturated carbocycles. The fourth-order valence-electron chi connectivity index (χ4n) is 1.30. The van der Waals surface area contributed by atoms with Crippen molar-refractivity contribution in [3.63, 3.8) is 0 Å². The van der Waals surface area contributed by atoms with Gasteiger partial charge in [-0.1, -0.05) is 24.3 Å². The highest BCUT2D eigenvalue weighted by Gasteiger charge is 2.73. The van der Waals surface area contributed by atoms with Crippen LogP contribution in [0.25, 0.3) is 0 Å². The Morgan fingerprint density at radius 2 is 1.39 bits per heavy atom. The third kappa shape index (κ3) is 2.16. The van der Waals surface area contributed by atoms with Gasteiger partial charge in [0.1, 0.15) is 6.61 Å². The van der Waals surface area contributed by atoms with Gasteiger partial charge in [-0.25, -0.2) is 5.11 Å². The lowest BCUT2D eigenvalue weighted by Gasteiger charge is -2.29. The first-order chi connectivity index (χ1) is 8.05. The number of benzene rings is 1. The molecular formula is C10H6F7O. The fourth-order valence-corrected chi connectivity index (χ4v) is 1.30. The summed E-state index contributed by atoms with van der Waals surface area (Å²) in [5, 5.41) is 10.5. The highest BCUT2D eigenvalue weighted by Crippen LogP contribution is 2.52. The molecular weight excluding hydrogens is 269 g/mol. The van der Waals surface area contributed by atoms with E-state index in [4.69, 9.17) is 0 Å². The van der Waals surface area contributed by atoms with Gasteiger partial charge in [-0.3, -0.25) is 0 Å². The second kappa shape index (κ2) is 4.42. The summed E-state index contributed by atoms with van der Waals surface area (Å²) in [5.74, 6) is -11.7. The molecule has 18 heavy (non-hydrogen) atoms. The molecule has 1 radical (unpaired) electrons. The Labute approximate surface area is 96.8 Å². The average Bonchev–Trinajstić information content (AvgIpc) is 2.27. The molecule has 101 valence electrons. The molecule has 1 rings (SSSR count). The molecule has 0 atom stereocenters. The second-order valence-corrected chi connectivity index (χ2v) is 3.45. The van der Waals surface area contributed by atoms with Gasteiger partial charge in [0.25, 0.3) is 0 Å². The molecule has 0 aliphatic heterocycles. The lowest BCUT2D eigenvalue weighted by molar-refractivity contribution is -0.359. The van der Waals surface area contributed by atoms with Crippen LogP contribution in [0.2, 0.25) is 0 Å². The molecule has 0 amide bonds. The van der Waals surface area contributed by atoms with Crippen LogP contribution in [0.4, 0.5) is 30.7 Å². The lowest BCUT2D eigenvalue weighted by atomic mass is 9.97. The zero-order chi connectivity index (χ0) is 14.2. The summed E-state index contributed by atoms with van der Waals surface area (Å²) in [6.07, 6.45) is -6.41. The third-order valence-corrected chi connectivity index (χ3v) is 2.26. The van der Waals surface area contributed by atoms with Crippen molar-refractivity contribution in [1.82, 2.24) is 0 Å². The van der Waals surface area contributed by atoms with Crippen LogP contribution in [0.1, 0.15) is 11.1 Å². The van der Waals surface area contributed by atoms with Crippen molar-refractivity contribution in [1.29, 1.82) is 0 Å². The predicted molar refractivity (Wildman–Crippen MR) is 45.7 cm³/mol. The number of hydrogen-bond donors (Lipinski definition) is 0. The normalized spacial score (nSPS) is 13.8. The van der Waals surface area contributed by atoms with Crippen LogP contribution >= 0.6 is 0 Å². The van der Waals surface area contributed by atoms with Crippen LogP contribution in [-0.2, 0) is 17.6 Å². The summed E-state index contributed by atoms with van der Waals surface area (Å²) in [7, 11) is 0. The minimum absolute atomic E-state index is 0.382. The van der Waals surface area contributed by atoms with E-state index in [-0.39, 0.29) is 0 Å². The Morgan fingerprint density at radius 3 is 1.83 bits per heavy atom. The van der Waals surface area contributed by atoms with E-state index in [0.717, 1.165) is 18.2 Å². The van der Waals surface area contributed by atoms with Gasteiger partial charge in [-0.05, 0) is 5.56 Å². The highest BCUT2D eigenvalue weighted by molar-refractivity contribution is 5.32. The van der Waals surface area contributed by atoms with E-state index >= 15 is 0 Å². The summed E-state index contributed by atoms with van der Waals surface area (Å²) in [4.78, 5) is 0. The highest BCUT2D eigenvalue weighted by atomic mass is 19.4. The molecule has 0 spiro atoms. The maximum Gasteiger partial charge on any atom is 0.460 e. The Kier molecular flexibility index (Phi) is 3.62. The molecule has 0 bridgehead atoms. The molecule has 0 aromatic heterocycles. The third-order valence-electron chi connectivity index (χ3n) is 2.26. The number of alkyl halides is 7. The van der Waals surface area contributed by atoms with E-state index in [9.17, 15) is 35.8 Å². The van der Waals surface area contributed by atoms with E-state index in [2.05, 4.69) is 0 Å². The Morgan fingerprint density at radius 1 is 0.889 bits per heavy atom. The molecule has 1 aromatic rings. The van der Waals surface area contributed by atoms with Crippen molar-refractivity contribution in [2.24, 2.45) is 0 Å². The van der Waals surface area contributed by atoms with Crippen molar-refractivity contribution in [2.45, 2.75) is 24.6 Å². The molecule has 0 heterocycles. The van der Waals surface area contributed by atoms with Crippen molar-refractivity contribution in [2.75, 3.05) is 0 Å². The van der Waals surface area contributed by atoms with E-state index in [0.29, 0.717) is 6.07 Å². The van der Waals surface area contributed by atoms with Gasteiger partial charge < -0.3 is 0 Å². The van der Waals surface area contributed by atoms with Gasteiger partial charge in [0.15, 0.2) is 0 Å². The van der Waals surface area contributed by atoms with E-state index < -0.39 is 35.8 Å². The molecule has 0 aliphatic carbocycles. The number of rotatable bonds is 3. The first-order valence-electron chi connectivity index (χ1n) is 4.54. The minimum Gasteiger partial charge on any atom is -0.232 e. The summed E-state index contributed by atoms with van der Waals surface area (Å²) in [5.41, 5.74) is -2.41. The van der Waals surface area contributed by atoms with Crippen LogP contribution in [0.15, 0.2) is 24.3 Å². The molecule has 0 unspecified atom stereocenters. The second-order valence-electron chi connectivity index (χ2n) is 3.45. The Hall–Kier alpha value is -1.31. The van der Waals surface area contributed by atoms with Gasteiger partial charge in [0.2, 0.25) is 0 Å². The minimum atomic E-state index is -6.41. The number of hydrogen-bond acceptors (Lipinski definition) is 0. The molecule has 1 nitrogen and oxygen atoms in total. The summed E-state index contributed by atoms with van der Waals surface area (Å²) in [6, 6.07) is 3.11. The molecule has 0 fully saturated rings. The van der Waals surface area contributed by atoms with Crippen molar-refractivity contribution >= 4 is 0 Å². The summed E-state index contributed by atoms with van der Waals surface area (Å²) in [6.45, 7) is -1.32. The smallest absolute Gasteiger partial charge is 0.232 e. The Bertz CT molecular complexity index is 424. The molecule has 0 aliphatic rings. The van der Waals surface area contributed by atoms with Gasteiger partial charge in [0.05, 0.1) is 0 Å². The van der Waals surface area contributed by atoms with Gasteiger partial charge in [-0.15, -0.1) is 0 Å². The maximum atomic E-state index is 13.3. The van der Waals surface area contributed by atoms with Crippen LogP contribution < -0.4 is 0 Å². The van der Waals surface area contributed by atoms with Crippen molar-refractivity contribution < 1.29 is 35.8 Å². The number of halogens is 7. The standard InChI is InChI=1S/C10H6F7O/c11-8(12,9(13,14)10(15,16)17)7-4-2-1-3-6(7)5-18/h1-4H,5H2. The van der Waals surface area contributed by atoms with Crippen LogP contribution in [0, 0.1) is 0 Å². The van der Waals surface area contributed by atoms with E-state index in [1.807, 2.05) is 0 Å². The molecule has 8 heteroatoms. The first-order valence-corrected chi connectivity index (χ1v) is 4.54. The summed E-state index contributed by atoms with van der Waals surface area (Å²) < 4.78 is 87.8. The van der Waals surface area contributed by atoms with E-state index in [1.54, 1.807) is 0 Å². The zero-order valence-corrected chi connectivity index (χ0v) is 8.57. The van der Waals surface area contributed by atoms with Gasteiger partial charge in [0, 0.05) is 5.56 Å². The SMILES string of the molecule is [O]Cc1ccccc1C(F)(F)C(F)(F)C(F)(F)F. The largest absolute Gasteiger partial charge is 0.460 e. The summed E-state index contributed by atoms with van der Waals surface area (Å²) >= 11 is 0.